The number of carbonyl (C=O) groups excluding carboxylic acids is 2. The maximum atomic E-state index is 12.6. The molecule has 0 saturated carbocycles. The van der Waals surface area contributed by atoms with Gasteiger partial charge in [0, 0.05) is 17.9 Å². The molecule has 3 amide bonds. The van der Waals surface area contributed by atoms with Crippen molar-refractivity contribution >= 4 is 23.3 Å². The molecular formula is C20H23N3O3. The Morgan fingerprint density at radius 3 is 2.27 bits per heavy atom. The van der Waals surface area contributed by atoms with Gasteiger partial charge in [-0.25, -0.2) is 4.79 Å². The number of rotatable bonds is 4. The van der Waals surface area contributed by atoms with Crippen LogP contribution in [-0.2, 0) is 4.79 Å². The predicted octanol–water partition coefficient (Wildman–Crippen LogP) is 3.64. The quantitative estimate of drug-likeness (QED) is 0.882. The molecule has 6 heteroatoms. The van der Waals surface area contributed by atoms with Crippen LogP contribution in [0.5, 0.6) is 5.75 Å². The van der Waals surface area contributed by atoms with Crippen molar-refractivity contribution in [3.63, 3.8) is 0 Å². The number of benzene rings is 2. The Hall–Kier alpha value is -3.02. The number of anilines is 2. The van der Waals surface area contributed by atoms with Crippen LogP contribution in [0.4, 0.5) is 16.2 Å². The average molecular weight is 353 g/mol. The van der Waals surface area contributed by atoms with E-state index in [2.05, 4.69) is 10.6 Å². The molecule has 0 spiro atoms. The van der Waals surface area contributed by atoms with Gasteiger partial charge in [0.1, 0.15) is 11.8 Å². The van der Waals surface area contributed by atoms with Gasteiger partial charge in [-0.05, 0) is 56.2 Å². The van der Waals surface area contributed by atoms with Gasteiger partial charge in [-0.2, -0.15) is 0 Å². The highest BCUT2D eigenvalue weighted by Gasteiger charge is 2.34. The highest BCUT2D eigenvalue weighted by atomic mass is 16.5. The molecule has 0 aliphatic carbocycles. The second kappa shape index (κ2) is 7.91. The summed E-state index contributed by atoms with van der Waals surface area (Å²) in [5, 5.41) is 5.74. The van der Waals surface area contributed by atoms with Crippen molar-refractivity contribution in [2.75, 3.05) is 24.3 Å². The molecule has 1 aliphatic heterocycles. The normalized spacial score (nSPS) is 16.2. The Kier molecular flexibility index (Phi) is 5.41. The Bertz CT molecular complexity index is 772. The topological polar surface area (TPSA) is 70.7 Å². The van der Waals surface area contributed by atoms with Crippen LogP contribution in [0.3, 0.4) is 0 Å². The number of urea groups is 1. The van der Waals surface area contributed by atoms with Gasteiger partial charge < -0.3 is 20.3 Å². The smallest absolute Gasteiger partial charge is 0.322 e. The zero-order valence-electron chi connectivity index (χ0n) is 15.0. The van der Waals surface area contributed by atoms with E-state index >= 15 is 0 Å². The van der Waals surface area contributed by atoms with Crippen molar-refractivity contribution in [2.24, 2.45) is 0 Å². The molecule has 136 valence electrons. The van der Waals surface area contributed by atoms with Crippen LogP contribution in [0.25, 0.3) is 0 Å². The lowest BCUT2D eigenvalue weighted by Gasteiger charge is -2.24. The van der Waals surface area contributed by atoms with Gasteiger partial charge in [-0.1, -0.05) is 17.7 Å². The van der Waals surface area contributed by atoms with Gasteiger partial charge in [0.05, 0.1) is 7.11 Å². The molecule has 2 aromatic rings. The molecule has 26 heavy (non-hydrogen) atoms. The van der Waals surface area contributed by atoms with Gasteiger partial charge in [-0.3, -0.25) is 4.79 Å². The summed E-state index contributed by atoms with van der Waals surface area (Å²) in [6.07, 6.45) is 1.47. The minimum Gasteiger partial charge on any atom is -0.497 e. The molecule has 1 heterocycles. The summed E-state index contributed by atoms with van der Waals surface area (Å²) in [6.45, 7) is 2.56. The fraction of sp³-hybridized carbons (Fsp3) is 0.300. The molecule has 2 aromatic carbocycles. The van der Waals surface area contributed by atoms with Gasteiger partial charge in [-0.15, -0.1) is 0 Å². The third kappa shape index (κ3) is 4.14. The zero-order valence-corrected chi connectivity index (χ0v) is 15.0. The van der Waals surface area contributed by atoms with Crippen molar-refractivity contribution < 1.29 is 14.3 Å². The lowest BCUT2D eigenvalue weighted by molar-refractivity contribution is -0.119. The first-order chi connectivity index (χ1) is 12.6. The Morgan fingerprint density at radius 1 is 1.00 bits per heavy atom. The summed E-state index contributed by atoms with van der Waals surface area (Å²) in [7, 11) is 1.59. The Balaban J connectivity index is 1.63. The van der Waals surface area contributed by atoms with Gasteiger partial charge in [0.15, 0.2) is 0 Å². The summed E-state index contributed by atoms with van der Waals surface area (Å²) in [5.74, 6) is 0.566. The largest absolute Gasteiger partial charge is 0.497 e. The van der Waals surface area contributed by atoms with Crippen molar-refractivity contribution in [1.29, 1.82) is 0 Å². The summed E-state index contributed by atoms with van der Waals surface area (Å²) in [6, 6.07) is 14.0. The number of nitrogens with zero attached hydrogens (tertiary/aromatic N) is 1. The van der Waals surface area contributed by atoms with E-state index in [1.165, 1.54) is 0 Å². The monoisotopic (exact) mass is 353 g/mol. The number of amides is 3. The first kappa shape index (κ1) is 17.8. The molecule has 6 nitrogen and oxygen atoms in total. The van der Waals surface area contributed by atoms with Crippen LogP contribution in [0, 0.1) is 6.92 Å². The number of nitrogens with one attached hydrogen (secondary N) is 2. The van der Waals surface area contributed by atoms with Crippen LogP contribution >= 0.6 is 0 Å². The van der Waals surface area contributed by atoms with E-state index in [1.807, 2.05) is 31.2 Å². The zero-order chi connectivity index (χ0) is 18.5. The Labute approximate surface area is 153 Å². The highest BCUT2D eigenvalue weighted by molar-refractivity contribution is 5.99. The van der Waals surface area contributed by atoms with Crippen LogP contribution < -0.4 is 15.4 Å². The third-order valence-corrected chi connectivity index (χ3v) is 4.48. The van der Waals surface area contributed by atoms with E-state index in [0.717, 1.165) is 23.4 Å². The average Bonchev–Trinajstić information content (AvgIpc) is 3.14. The maximum Gasteiger partial charge on any atom is 0.322 e. The van der Waals surface area contributed by atoms with E-state index in [4.69, 9.17) is 4.74 Å². The Morgan fingerprint density at radius 2 is 1.62 bits per heavy atom. The molecular weight excluding hydrogens is 330 g/mol. The van der Waals surface area contributed by atoms with Gasteiger partial charge >= 0.3 is 6.03 Å². The predicted molar refractivity (Wildman–Crippen MR) is 102 cm³/mol. The number of aryl methyl sites for hydroxylation is 1. The van der Waals surface area contributed by atoms with Crippen molar-refractivity contribution in [3.8, 4) is 5.75 Å². The van der Waals surface area contributed by atoms with E-state index in [1.54, 1.807) is 36.3 Å². The first-order valence-electron chi connectivity index (χ1n) is 8.66. The van der Waals surface area contributed by atoms with E-state index in [0.29, 0.717) is 18.7 Å². The molecule has 1 fully saturated rings. The highest BCUT2D eigenvalue weighted by Crippen LogP contribution is 2.22. The standard InChI is InChI=1S/C20H23N3O3/c1-14-5-7-15(8-6-14)21-19(24)18-4-3-13-23(18)20(25)22-16-9-11-17(26-2)12-10-16/h5-12,18H,3-4,13H2,1-2H3,(H,21,24)(H,22,25)/t18-/m0/s1. The first-order valence-corrected chi connectivity index (χ1v) is 8.66. The van der Waals surface area contributed by atoms with E-state index in [9.17, 15) is 9.59 Å². The van der Waals surface area contributed by atoms with Crippen molar-refractivity contribution in [2.45, 2.75) is 25.8 Å². The maximum absolute atomic E-state index is 12.6. The number of hydrogen-bond acceptors (Lipinski definition) is 3. The molecule has 1 aliphatic rings. The number of ether oxygens (including phenoxy) is 1. The minimum atomic E-state index is -0.463. The number of carbonyl (C=O) groups is 2. The van der Waals surface area contributed by atoms with Crippen LogP contribution in [0.15, 0.2) is 48.5 Å². The van der Waals surface area contributed by atoms with Crippen molar-refractivity contribution in [3.05, 3.63) is 54.1 Å². The second-order valence-corrected chi connectivity index (χ2v) is 6.37. The lowest BCUT2D eigenvalue weighted by Crippen LogP contribution is -2.45. The fourth-order valence-corrected chi connectivity index (χ4v) is 3.01. The molecule has 0 bridgehead atoms. The second-order valence-electron chi connectivity index (χ2n) is 6.37. The number of likely N-dealkylation sites (tertiary alicyclic amines) is 1. The molecule has 0 aromatic heterocycles. The van der Waals surface area contributed by atoms with Crippen LogP contribution in [-0.4, -0.2) is 36.5 Å². The van der Waals surface area contributed by atoms with Crippen LogP contribution in [0.1, 0.15) is 18.4 Å². The van der Waals surface area contributed by atoms with E-state index in [-0.39, 0.29) is 11.9 Å². The third-order valence-electron chi connectivity index (χ3n) is 4.48. The van der Waals surface area contributed by atoms with E-state index < -0.39 is 6.04 Å². The molecule has 3 rings (SSSR count). The minimum absolute atomic E-state index is 0.156. The molecule has 2 N–H and O–H groups in total. The summed E-state index contributed by atoms with van der Waals surface area (Å²) >= 11 is 0. The van der Waals surface area contributed by atoms with Gasteiger partial charge in [0.25, 0.3) is 0 Å². The molecule has 1 atom stereocenters. The van der Waals surface area contributed by atoms with Crippen LogP contribution in [0.2, 0.25) is 0 Å². The summed E-state index contributed by atoms with van der Waals surface area (Å²) < 4.78 is 5.11. The number of methoxy groups -OCH3 is 1. The summed E-state index contributed by atoms with van der Waals surface area (Å²) in [4.78, 5) is 26.8. The SMILES string of the molecule is COc1ccc(NC(=O)N2CCC[C@H]2C(=O)Nc2ccc(C)cc2)cc1. The number of hydrogen-bond donors (Lipinski definition) is 2. The lowest BCUT2D eigenvalue weighted by atomic mass is 10.2. The summed E-state index contributed by atoms with van der Waals surface area (Å²) in [5.41, 5.74) is 2.53. The molecule has 0 unspecified atom stereocenters. The van der Waals surface area contributed by atoms with Crippen molar-refractivity contribution in [1.82, 2.24) is 4.90 Å². The fourth-order valence-electron chi connectivity index (χ4n) is 3.01. The molecule has 1 saturated heterocycles. The molecule has 0 radical (unpaired) electrons. The van der Waals surface area contributed by atoms with Gasteiger partial charge in [0.2, 0.25) is 5.91 Å².